The summed E-state index contributed by atoms with van der Waals surface area (Å²) in [6, 6.07) is -0.187. The lowest BCUT2D eigenvalue weighted by atomic mass is 10.2. The molecule has 1 heterocycles. The van der Waals surface area contributed by atoms with Crippen LogP contribution >= 0.6 is 0 Å². The molecule has 1 aliphatic rings. The van der Waals surface area contributed by atoms with Crippen LogP contribution in [0.4, 0.5) is 18.9 Å². The summed E-state index contributed by atoms with van der Waals surface area (Å²) in [4.78, 5) is 24.7. The fraction of sp³-hybridized carbons (Fsp3) is 0.385. The highest BCUT2D eigenvalue weighted by atomic mass is 19.2. The Morgan fingerprint density at radius 3 is 2.45 bits per heavy atom. The number of carbonyl (C=O) groups excluding carboxylic acids is 2. The average molecular weight is 286 g/mol. The van der Waals surface area contributed by atoms with Crippen molar-refractivity contribution in [2.24, 2.45) is 0 Å². The fourth-order valence-corrected chi connectivity index (χ4v) is 2.16. The molecule has 108 valence electrons. The fourth-order valence-electron chi connectivity index (χ4n) is 2.16. The van der Waals surface area contributed by atoms with Gasteiger partial charge in [0.05, 0.1) is 12.1 Å². The van der Waals surface area contributed by atoms with E-state index >= 15 is 0 Å². The van der Waals surface area contributed by atoms with Gasteiger partial charge in [-0.25, -0.2) is 13.2 Å². The molecule has 0 radical (unpaired) electrons. The molecule has 0 aliphatic carbocycles. The molecule has 1 atom stereocenters. The summed E-state index contributed by atoms with van der Waals surface area (Å²) in [5.74, 6) is -4.54. The third-order valence-corrected chi connectivity index (χ3v) is 3.02. The van der Waals surface area contributed by atoms with Crippen molar-refractivity contribution in [3.05, 3.63) is 29.6 Å². The maximum absolute atomic E-state index is 13.5. The number of anilines is 1. The third kappa shape index (κ3) is 2.48. The normalized spacial score (nSPS) is 19.1. The molecule has 1 unspecified atom stereocenters. The van der Waals surface area contributed by atoms with Crippen molar-refractivity contribution < 1.29 is 22.8 Å². The highest BCUT2D eigenvalue weighted by Gasteiger charge is 2.40. The van der Waals surface area contributed by atoms with Crippen LogP contribution in [0.2, 0.25) is 0 Å². The molecule has 1 aromatic rings. The molecule has 4 nitrogen and oxygen atoms in total. The van der Waals surface area contributed by atoms with Crippen LogP contribution in [0, 0.1) is 17.5 Å². The van der Waals surface area contributed by atoms with Gasteiger partial charge >= 0.3 is 0 Å². The third-order valence-electron chi connectivity index (χ3n) is 3.02. The van der Waals surface area contributed by atoms with E-state index in [1.165, 1.54) is 0 Å². The SMILES string of the molecule is CC(C)N1C(=O)CC(Nc2cc(F)cc(F)c2F)C1=O. The van der Waals surface area contributed by atoms with Crippen molar-refractivity contribution in [2.45, 2.75) is 32.4 Å². The van der Waals surface area contributed by atoms with Crippen LogP contribution in [0.1, 0.15) is 20.3 Å². The lowest BCUT2D eigenvalue weighted by molar-refractivity contribution is -0.140. The first-order valence-corrected chi connectivity index (χ1v) is 6.08. The number of amides is 2. The van der Waals surface area contributed by atoms with Crippen molar-refractivity contribution >= 4 is 17.5 Å². The van der Waals surface area contributed by atoms with Gasteiger partial charge in [-0.05, 0) is 13.8 Å². The number of benzene rings is 1. The Hall–Kier alpha value is -2.05. The van der Waals surface area contributed by atoms with E-state index in [0.29, 0.717) is 6.07 Å². The first-order chi connectivity index (χ1) is 9.31. The Bertz CT molecular complexity index is 575. The van der Waals surface area contributed by atoms with E-state index in [0.717, 1.165) is 11.0 Å². The smallest absolute Gasteiger partial charge is 0.252 e. The van der Waals surface area contributed by atoms with Crippen molar-refractivity contribution in [1.29, 1.82) is 0 Å². The Labute approximate surface area is 113 Å². The maximum atomic E-state index is 13.5. The molecule has 20 heavy (non-hydrogen) atoms. The number of carbonyl (C=O) groups is 2. The molecule has 1 aliphatic heterocycles. The highest BCUT2D eigenvalue weighted by molar-refractivity contribution is 6.07. The molecule has 0 saturated carbocycles. The second-order valence-electron chi connectivity index (χ2n) is 4.85. The predicted molar refractivity (Wildman–Crippen MR) is 65.3 cm³/mol. The predicted octanol–water partition coefficient (Wildman–Crippen LogP) is 2.05. The number of nitrogens with zero attached hydrogens (tertiary/aromatic N) is 1. The van der Waals surface area contributed by atoms with Gasteiger partial charge in [-0.1, -0.05) is 0 Å². The van der Waals surface area contributed by atoms with E-state index in [1.54, 1.807) is 13.8 Å². The molecular weight excluding hydrogens is 273 g/mol. The summed E-state index contributed by atoms with van der Waals surface area (Å²) in [7, 11) is 0. The zero-order valence-corrected chi connectivity index (χ0v) is 10.9. The van der Waals surface area contributed by atoms with Crippen LogP contribution in [0.5, 0.6) is 0 Å². The summed E-state index contributed by atoms with van der Waals surface area (Å²) in [6.45, 7) is 3.33. The van der Waals surface area contributed by atoms with Crippen molar-refractivity contribution in [3.63, 3.8) is 0 Å². The summed E-state index contributed by atoms with van der Waals surface area (Å²) in [6.07, 6.45) is -0.172. The lowest BCUT2D eigenvalue weighted by Gasteiger charge is -2.19. The number of halogens is 3. The van der Waals surface area contributed by atoms with Gasteiger partial charge in [-0.2, -0.15) is 0 Å². The molecule has 1 aromatic carbocycles. The minimum atomic E-state index is -1.36. The molecule has 7 heteroatoms. The Morgan fingerprint density at radius 1 is 1.25 bits per heavy atom. The van der Waals surface area contributed by atoms with Crippen LogP contribution in [0.25, 0.3) is 0 Å². The zero-order chi connectivity index (χ0) is 15.0. The minimum absolute atomic E-state index is 0.172. The van der Waals surface area contributed by atoms with Gasteiger partial charge < -0.3 is 5.32 Å². The second kappa shape index (κ2) is 5.15. The lowest BCUT2D eigenvalue weighted by Crippen LogP contribution is -2.39. The van der Waals surface area contributed by atoms with Crippen LogP contribution in [-0.4, -0.2) is 28.8 Å². The Balaban J connectivity index is 2.24. The van der Waals surface area contributed by atoms with E-state index < -0.39 is 41.0 Å². The molecular formula is C13H13F3N2O2. The highest BCUT2D eigenvalue weighted by Crippen LogP contribution is 2.24. The number of imide groups is 1. The number of hydrogen-bond acceptors (Lipinski definition) is 3. The maximum Gasteiger partial charge on any atom is 0.252 e. The number of hydrogen-bond donors (Lipinski definition) is 1. The Morgan fingerprint density at radius 2 is 1.90 bits per heavy atom. The standard InChI is InChI=1S/C13H13F3N2O2/c1-6(2)18-11(19)5-10(13(18)20)17-9-4-7(14)3-8(15)12(9)16/h3-4,6,10,17H,5H2,1-2H3. The summed E-state index contributed by atoms with van der Waals surface area (Å²) < 4.78 is 39.6. The van der Waals surface area contributed by atoms with Gasteiger partial charge in [0, 0.05) is 18.2 Å². The molecule has 0 aromatic heterocycles. The minimum Gasteiger partial charge on any atom is -0.371 e. The number of likely N-dealkylation sites (tertiary alicyclic amines) is 1. The molecule has 1 fully saturated rings. The van der Waals surface area contributed by atoms with E-state index in [9.17, 15) is 22.8 Å². The van der Waals surface area contributed by atoms with Gasteiger partial charge in [0.1, 0.15) is 11.9 Å². The van der Waals surface area contributed by atoms with E-state index in [-0.39, 0.29) is 12.5 Å². The quantitative estimate of drug-likeness (QED) is 0.683. The van der Waals surface area contributed by atoms with Crippen LogP contribution in [0.3, 0.4) is 0 Å². The van der Waals surface area contributed by atoms with E-state index in [2.05, 4.69) is 5.32 Å². The van der Waals surface area contributed by atoms with E-state index in [4.69, 9.17) is 0 Å². The first kappa shape index (κ1) is 14.4. The monoisotopic (exact) mass is 286 g/mol. The summed E-state index contributed by atoms with van der Waals surface area (Å²) in [5.41, 5.74) is -0.473. The zero-order valence-electron chi connectivity index (χ0n) is 10.9. The van der Waals surface area contributed by atoms with Crippen LogP contribution < -0.4 is 5.32 Å². The average Bonchev–Trinajstić information content (AvgIpc) is 2.60. The van der Waals surface area contributed by atoms with Gasteiger partial charge in [-0.3, -0.25) is 14.5 Å². The van der Waals surface area contributed by atoms with Crippen molar-refractivity contribution in [3.8, 4) is 0 Å². The van der Waals surface area contributed by atoms with E-state index in [1.807, 2.05) is 0 Å². The number of nitrogens with one attached hydrogen (secondary N) is 1. The Kier molecular flexibility index (Phi) is 3.69. The molecule has 0 spiro atoms. The van der Waals surface area contributed by atoms with Crippen molar-refractivity contribution in [1.82, 2.24) is 4.90 Å². The second-order valence-corrected chi connectivity index (χ2v) is 4.85. The molecule has 1 N–H and O–H groups in total. The molecule has 2 rings (SSSR count). The van der Waals surface area contributed by atoms with Crippen LogP contribution in [-0.2, 0) is 9.59 Å². The van der Waals surface area contributed by atoms with Crippen molar-refractivity contribution in [2.75, 3.05) is 5.32 Å². The van der Waals surface area contributed by atoms with Gasteiger partial charge in [0.2, 0.25) is 5.91 Å². The first-order valence-electron chi connectivity index (χ1n) is 6.08. The van der Waals surface area contributed by atoms with Gasteiger partial charge in [0.25, 0.3) is 5.91 Å². The molecule has 1 saturated heterocycles. The summed E-state index contributed by atoms with van der Waals surface area (Å²) in [5, 5.41) is 2.39. The summed E-state index contributed by atoms with van der Waals surface area (Å²) >= 11 is 0. The number of rotatable bonds is 3. The topological polar surface area (TPSA) is 49.4 Å². The van der Waals surface area contributed by atoms with Gasteiger partial charge in [-0.15, -0.1) is 0 Å². The molecule has 2 amide bonds. The van der Waals surface area contributed by atoms with Gasteiger partial charge in [0.15, 0.2) is 11.6 Å². The molecule has 0 bridgehead atoms. The largest absolute Gasteiger partial charge is 0.371 e. The van der Waals surface area contributed by atoms with Crippen LogP contribution in [0.15, 0.2) is 12.1 Å².